The fraction of sp³-hybridized carbons (Fsp3) is 0.778. The molecule has 0 radical (unpaired) electrons. The van der Waals surface area contributed by atoms with Gasteiger partial charge in [0.2, 0.25) is 0 Å². The molecule has 0 unspecified atom stereocenters. The van der Waals surface area contributed by atoms with Crippen LogP contribution in [0.4, 0.5) is 0 Å². The maximum atomic E-state index is 14.7. The van der Waals surface area contributed by atoms with Crippen molar-refractivity contribution in [2.24, 2.45) is 40.9 Å². The summed E-state index contributed by atoms with van der Waals surface area (Å²) in [6.07, 6.45) is 8.32. The van der Waals surface area contributed by atoms with E-state index in [1.807, 2.05) is 0 Å². The smallest absolute Gasteiger partial charge is 0.318 e. The average molecular weight is 567 g/mol. The van der Waals surface area contributed by atoms with Gasteiger partial charge >= 0.3 is 5.97 Å². The second-order valence-corrected chi connectivity index (χ2v) is 15.0. The van der Waals surface area contributed by atoms with Gasteiger partial charge in [0.15, 0.2) is 5.79 Å². The van der Waals surface area contributed by atoms with Gasteiger partial charge in [0.1, 0.15) is 17.3 Å². The molecule has 0 amide bonds. The van der Waals surface area contributed by atoms with Gasteiger partial charge in [-0.1, -0.05) is 84.7 Å². The number of benzene rings is 1. The Bertz CT molecular complexity index is 1080. The van der Waals surface area contributed by atoms with Crippen LogP contribution in [0.2, 0.25) is 0 Å². The Labute approximate surface area is 248 Å². The molecule has 4 saturated carbocycles. The van der Waals surface area contributed by atoms with Gasteiger partial charge in [0.25, 0.3) is 0 Å². The fourth-order valence-corrected chi connectivity index (χ4v) is 9.20. The summed E-state index contributed by atoms with van der Waals surface area (Å²) in [6.45, 7) is 13.7. The predicted octanol–water partition coefficient (Wildman–Crippen LogP) is 7.89. The highest BCUT2D eigenvalue weighted by Crippen LogP contribution is 2.64. The highest BCUT2D eigenvalue weighted by Gasteiger charge is 2.76. The summed E-state index contributed by atoms with van der Waals surface area (Å²) in [4.78, 5) is 28.0. The van der Waals surface area contributed by atoms with Gasteiger partial charge in [-0.3, -0.25) is 9.59 Å². The van der Waals surface area contributed by atoms with Crippen LogP contribution in [0.1, 0.15) is 111 Å². The summed E-state index contributed by atoms with van der Waals surface area (Å²) in [5.74, 6) is 0.562. The number of ether oxygens (including phenoxy) is 3. The predicted molar refractivity (Wildman–Crippen MR) is 161 cm³/mol. The molecule has 9 atom stereocenters. The number of rotatable bonds is 8. The standard InChI is InChI=1S/C36H54O5/c1-23(2)27-17-15-24(3)20-31(27)41-36(39-7)22-29-30(37)14-11-19-35(29,36)33(38)40-32-21-25(4)16-18-28(32)34(5,6)26-12-9-8-10-13-26/h8-10,12-13,23-25,27-29,31-32H,11,14-22H2,1-7H3/t24-,25-,27+,28+,29+,31-,32+,35-,36+/m1/s1. The summed E-state index contributed by atoms with van der Waals surface area (Å²) >= 11 is 0. The molecule has 0 spiro atoms. The molecule has 1 aromatic carbocycles. The van der Waals surface area contributed by atoms with Crippen LogP contribution in [0.3, 0.4) is 0 Å². The van der Waals surface area contributed by atoms with E-state index in [-0.39, 0.29) is 41.2 Å². The van der Waals surface area contributed by atoms with Crippen molar-refractivity contribution in [3.8, 4) is 0 Å². The maximum Gasteiger partial charge on any atom is 0.318 e. The third-order valence-corrected chi connectivity index (χ3v) is 11.9. The number of carbonyl (C=O) groups is 2. The maximum absolute atomic E-state index is 14.7. The minimum atomic E-state index is -1.11. The average Bonchev–Trinajstić information content (AvgIpc) is 2.92. The van der Waals surface area contributed by atoms with Crippen molar-refractivity contribution in [1.82, 2.24) is 0 Å². The number of Topliss-reactive ketones (excluding diaryl/α,β-unsaturated/α-hetero) is 1. The van der Waals surface area contributed by atoms with Crippen molar-refractivity contribution in [3.05, 3.63) is 35.9 Å². The van der Waals surface area contributed by atoms with Crippen LogP contribution in [0.25, 0.3) is 0 Å². The second kappa shape index (κ2) is 11.8. The van der Waals surface area contributed by atoms with Crippen molar-refractivity contribution >= 4 is 11.8 Å². The quantitative estimate of drug-likeness (QED) is 0.236. The van der Waals surface area contributed by atoms with Crippen LogP contribution in [0, 0.1) is 40.9 Å². The molecule has 4 fully saturated rings. The van der Waals surface area contributed by atoms with E-state index in [0.717, 1.165) is 32.1 Å². The third-order valence-electron chi connectivity index (χ3n) is 11.9. The summed E-state index contributed by atoms with van der Waals surface area (Å²) < 4.78 is 20.0. The third kappa shape index (κ3) is 5.32. The van der Waals surface area contributed by atoms with E-state index >= 15 is 0 Å². The molecule has 0 saturated heterocycles. The van der Waals surface area contributed by atoms with E-state index in [9.17, 15) is 9.59 Å². The van der Waals surface area contributed by atoms with E-state index in [0.29, 0.717) is 49.4 Å². The zero-order valence-electron chi connectivity index (χ0n) is 26.6. The van der Waals surface area contributed by atoms with Crippen molar-refractivity contribution in [1.29, 1.82) is 0 Å². The van der Waals surface area contributed by atoms with Crippen LogP contribution >= 0.6 is 0 Å². The van der Waals surface area contributed by atoms with Crippen molar-refractivity contribution < 1.29 is 23.8 Å². The first kappa shape index (κ1) is 30.7. The molecule has 5 rings (SSSR count). The first-order valence-corrected chi connectivity index (χ1v) is 16.5. The number of hydrogen-bond donors (Lipinski definition) is 0. The first-order valence-electron chi connectivity index (χ1n) is 16.5. The highest BCUT2D eigenvalue weighted by molar-refractivity contribution is 5.93. The molecule has 0 aliphatic heterocycles. The lowest BCUT2D eigenvalue weighted by Gasteiger charge is -2.63. The Morgan fingerprint density at radius 1 is 0.976 bits per heavy atom. The normalized spacial score (nSPS) is 39.6. The van der Waals surface area contributed by atoms with Gasteiger partial charge in [0.05, 0.1) is 6.10 Å². The van der Waals surface area contributed by atoms with E-state index in [1.165, 1.54) is 12.0 Å². The minimum Gasteiger partial charge on any atom is -0.461 e. The van der Waals surface area contributed by atoms with Gasteiger partial charge in [-0.25, -0.2) is 0 Å². The number of fused-ring (bicyclic) bond motifs is 1. The van der Waals surface area contributed by atoms with Gasteiger partial charge in [-0.2, -0.15) is 0 Å². The molecule has 0 N–H and O–H groups in total. The summed E-state index contributed by atoms with van der Waals surface area (Å²) in [5, 5.41) is 0. The molecule has 1 aromatic rings. The Morgan fingerprint density at radius 3 is 2.29 bits per heavy atom. The highest BCUT2D eigenvalue weighted by atomic mass is 16.7. The molecule has 5 heteroatoms. The molecule has 4 aliphatic rings. The van der Waals surface area contributed by atoms with E-state index in [2.05, 4.69) is 71.9 Å². The lowest BCUT2D eigenvalue weighted by atomic mass is 9.48. The number of methoxy groups -OCH3 is 1. The molecule has 0 aromatic heterocycles. The van der Waals surface area contributed by atoms with E-state index < -0.39 is 11.2 Å². The van der Waals surface area contributed by atoms with Crippen LogP contribution in [0.5, 0.6) is 0 Å². The first-order chi connectivity index (χ1) is 19.4. The second-order valence-electron chi connectivity index (χ2n) is 15.0. The van der Waals surface area contributed by atoms with Gasteiger partial charge < -0.3 is 14.2 Å². The molecular weight excluding hydrogens is 512 g/mol. The molecule has 0 bridgehead atoms. The SMILES string of the molecule is CO[C@]1(O[C@@H]2C[C@H](C)CC[C@H]2C(C)C)C[C@H]2C(=O)CCC[C@]21C(=O)O[C@H]1C[C@H](C)CC[C@@H]1C(C)(C)c1ccccc1. The zero-order chi connectivity index (χ0) is 29.6. The summed E-state index contributed by atoms with van der Waals surface area (Å²) in [5.41, 5.74) is 0.0542. The van der Waals surface area contributed by atoms with Gasteiger partial charge in [-0.05, 0) is 73.2 Å². The van der Waals surface area contributed by atoms with Crippen molar-refractivity contribution in [3.63, 3.8) is 0 Å². The van der Waals surface area contributed by atoms with E-state index in [4.69, 9.17) is 14.2 Å². The van der Waals surface area contributed by atoms with Gasteiger partial charge in [0, 0.05) is 31.8 Å². The summed E-state index contributed by atoms with van der Waals surface area (Å²) in [6, 6.07) is 10.6. The Balaban J connectivity index is 1.46. The van der Waals surface area contributed by atoms with Crippen LogP contribution in [-0.2, 0) is 29.2 Å². The molecule has 5 nitrogen and oxygen atoms in total. The molecule has 228 valence electrons. The van der Waals surface area contributed by atoms with Gasteiger partial charge in [-0.15, -0.1) is 0 Å². The van der Waals surface area contributed by atoms with Crippen LogP contribution in [-0.4, -0.2) is 36.9 Å². The lowest BCUT2D eigenvalue weighted by molar-refractivity contribution is -0.378. The monoisotopic (exact) mass is 566 g/mol. The van der Waals surface area contributed by atoms with Crippen molar-refractivity contribution in [2.75, 3.05) is 7.11 Å². The largest absolute Gasteiger partial charge is 0.461 e. The molecular formula is C36H54O5. The number of carbonyl (C=O) groups excluding carboxylic acids is 2. The Morgan fingerprint density at radius 2 is 1.63 bits per heavy atom. The van der Waals surface area contributed by atoms with Crippen LogP contribution < -0.4 is 0 Å². The Kier molecular flexibility index (Phi) is 8.81. The lowest BCUT2D eigenvalue weighted by Crippen LogP contribution is -2.74. The van der Waals surface area contributed by atoms with Crippen LogP contribution in [0.15, 0.2) is 30.3 Å². The molecule has 0 heterocycles. The fourth-order valence-electron chi connectivity index (χ4n) is 9.20. The molecule has 41 heavy (non-hydrogen) atoms. The van der Waals surface area contributed by atoms with Crippen molar-refractivity contribution in [2.45, 2.75) is 129 Å². The number of esters is 1. The molecule has 4 aliphatic carbocycles. The number of ketones is 1. The summed E-state index contributed by atoms with van der Waals surface area (Å²) in [7, 11) is 1.67. The zero-order valence-corrected chi connectivity index (χ0v) is 26.6. The Hall–Kier alpha value is -1.72. The minimum absolute atomic E-state index is 0.0146. The van der Waals surface area contributed by atoms with E-state index in [1.54, 1.807) is 7.11 Å². The number of hydrogen-bond acceptors (Lipinski definition) is 5. The topological polar surface area (TPSA) is 61.8 Å².